The Bertz CT molecular complexity index is 157. The van der Waals surface area contributed by atoms with Gasteiger partial charge in [-0.05, 0) is 6.42 Å². The van der Waals surface area contributed by atoms with Gasteiger partial charge in [-0.2, -0.15) is 5.48 Å². The standard InChI is InChI=1S/C5H9NO5/c7-4(8)2-1-3(6-11)5(9)10/h3,6,11H,1-2H2,(H,7,8)(H,9,10)/t3-/m1/s1. The fourth-order valence-corrected chi connectivity index (χ4v) is 0.511. The molecule has 6 heteroatoms. The number of hydrogen-bond acceptors (Lipinski definition) is 4. The molecule has 0 aromatic rings. The monoisotopic (exact) mass is 163 g/mol. The number of aliphatic carboxylic acids is 2. The molecule has 0 aromatic carbocycles. The molecule has 0 aliphatic carbocycles. The zero-order chi connectivity index (χ0) is 8.85. The molecule has 64 valence electrons. The molecule has 0 saturated carbocycles. The van der Waals surface area contributed by atoms with Crippen LogP contribution in [0, 0.1) is 0 Å². The molecule has 0 aliphatic rings. The maximum atomic E-state index is 10.1. The summed E-state index contributed by atoms with van der Waals surface area (Å²) in [6, 6.07) is -1.20. The summed E-state index contributed by atoms with van der Waals surface area (Å²) in [5, 5.41) is 24.6. The van der Waals surface area contributed by atoms with Crippen LogP contribution in [0.2, 0.25) is 0 Å². The molecule has 0 spiro atoms. The van der Waals surface area contributed by atoms with E-state index >= 15 is 0 Å². The van der Waals surface area contributed by atoms with Gasteiger partial charge in [-0.25, -0.2) is 0 Å². The molecule has 6 nitrogen and oxygen atoms in total. The van der Waals surface area contributed by atoms with E-state index in [2.05, 4.69) is 0 Å². The first-order valence-electron chi connectivity index (χ1n) is 2.92. The summed E-state index contributed by atoms with van der Waals surface area (Å²) in [6.07, 6.45) is -0.425. The highest BCUT2D eigenvalue weighted by Crippen LogP contribution is 1.96. The molecule has 0 rings (SSSR count). The van der Waals surface area contributed by atoms with Gasteiger partial charge in [-0.15, -0.1) is 0 Å². The van der Waals surface area contributed by atoms with Crippen LogP contribution < -0.4 is 5.48 Å². The number of nitrogens with one attached hydrogen (secondary N) is 1. The van der Waals surface area contributed by atoms with E-state index in [-0.39, 0.29) is 12.8 Å². The average Bonchev–Trinajstić information content (AvgIpc) is 1.87. The van der Waals surface area contributed by atoms with Crippen molar-refractivity contribution in [2.45, 2.75) is 18.9 Å². The third kappa shape index (κ3) is 4.29. The molecule has 11 heavy (non-hydrogen) atoms. The second-order valence-corrected chi connectivity index (χ2v) is 1.95. The number of hydroxylamine groups is 1. The highest BCUT2D eigenvalue weighted by atomic mass is 16.5. The van der Waals surface area contributed by atoms with E-state index in [0.29, 0.717) is 0 Å². The van der Waals surface area contributed by atoms with E-state index in [4.69, 9.17) is 15.4 Å². The zero-order valence-corrected chi connectivity index (χ0v) is 5.65. The normalized spacial score (nSPS) is 12.5. The van der Waals surface area contributed by atoms with Gasteiger partial charge < -0.3 is 15.4 Å². The minimum atomic E-state index is -1.27. The zero-order valence-electron chi connectivity index (χ0n) is 5.65. The topological polar surface area (TPSA) is 107 Å². The second-order valence-electron chi connectivity index (χ2n) is 1.95. The van der Waals surface area contributed by atoms with E-state index in [0.717, 1.165) is 0 Å². The highest BCUT2D eigenvalue weighted by Gasteiger charge is 2.16. The predicted molar refractivity (Wildman–Crippen MR) is 33.2 cm³/mol. The summed E-state index contributed by atoms with van der Waals surface area (Å²) < 4.78 is 0. The Balaban J connectivity index is 3.70. The number of carbonyl (C=O) groups is 2. The minimum Gasteiger partial charge on any atom is -0.481 e. The third-order valence-electron chi connectivity index (χ3n) is 1.10. The maximum Gasteiger partial charge on any atom is 0.323 e. The van der Waals surface area contributed by atoms with Crippen molar-refractivity contribution in [3.63, 3.8) is 0 Å². The SMILES string of the molecule is O=C(O)CC[C@@H](NO)C(=O)O. The van der Waals surface area contributed by atoms with E-state index in [9.17, 15) is 9.59 Å². The van der Waals surface area contributed by atoms with Gasteiger partial charge in [0.2, 0.25) is 0 Å². The van der Waals surface area contributed by atoms with Gasteiger partial charge in [-0.1, -0.05) is 0 Å². The molecule has 0 radical (unpaired) electrons. The van der Waals surface area contributed by atoms with Crippen LogP contribution in [-0.2, 0) is 9.59 Å². The van der Waals surface area contributed by atoms with Crippen molar-refractivity contribution in [1.82, 2.24) is 5.48 Å². The van der Waals surface area contributed by atoms with Crippen LogP contribution in [0.15, 0.2) is 0 Å². The largest absolute Gasteiger partial charge is 0.481 e. The quantitative estimate of drug-likeness (QED) is 0.398. The van der Waals surface area contributed by atoms with Gasteiger partial charge in [0.1, 0.15) is 6.04 Å². The van der Waals surface area contributed by atoms with Gasteiger partial charge in [0.15, 0.2) is 0 Å². The fraction of sp³-hybridized carbons (Fsp3) is 0.600. The molecule has 0 aromatic heterocycles. The Labute approximate surface area is 62.4 Å². The third-order valence-corrected chi connectivity index (χ3v) is 1.10. The first kappa shape index (κ1) is 9.86. The van der Waals surface area contributed by atoms with Gasteiger partial charge >= 0.3 is 11.9 Å². The Hall–Kier alpha value is -1.14. The number of carboxylic acids is 2. The summed E-state index contributed by atoms with van der Waals surface area (Å²) in [7, 11) is 0. The van der Waals surface area contributed by atoms with Gasteiger partial charge in [-0.3, -0.25) is 9.59 Å². The highest BCUT2D eigenvalue weighted by molar-refractivity contribution is 5.74. The van der Waals surface area contributed by atoms with Crippen molar-refractivity contribution >= 4 is 11.9 Å². The van der Waals surface area contributed by atoms with Crippen molar-refractivity contribution < 1.29 is 25.0 Å². The van der Waals surface area contributed by atoms with E-state index in [1.807, 2.05) is 0 Å². The molecule has 0 bridgehead atoms. The lowest BCUT2D eigenvalue weighted by Crippen LogP contribution is -2.34. The second kappa shape index (κ2) is 4.64. The summed E-state index contributed by atoms with van der Waals surface area (Å²) in [4.78, 5) is 20.1. The lowest BCUT2D eigenvalue weighted by molar-refractivity contribution is -0.143. The van der Waals surface area contributed by atoms with Gasteiger partial charge in [0, 0.05) is 6.42 Å². The first-order valence-corrected chi connectivity index (χ1v) is 2.92. The molecule has 4 N–H and O–H groups in total. The number of rotatable bonds is 5. The predicted octanol–water partition coefficient (Wildman–Crippen LogP) is -0.717. The summed E-state index contributed by atoms with van der Waals surface area (Å²) >= 11 is 0. The Morgan fingerprint density at radius 2 is 1.91 bits per heavy atom. The molecule has 0 heterocycles. The van der Waals surface area contributed by atoms with E-state index in [1.165, 1.54) is 5.48 Å². The fourth-order valence-electron chi connectivity index (χ4n) is 0.511. The lowest BCUT2D eigenvalue weighted by Gasteiger charge is -2.06. The molecule has 0 fully saturated rings. The van der Waals surface area contributed by atoms with Crippen LogP contribution >= 0.6 is 0 Å². The summed E-state index contributed by atoms with van der Waals surface area (Å²) in [5.74, 6) is -2.36. The minimum absolute atomic E-state index is 0.138. The van der Waals surface area contributed by atoms with Crippen LogP contribution in [0.5, 0.6) is 0 Å². The lowest BCUT2D eigenvalue weighted by atomic mass is 10.2. The number of hydrogen-bond donors (Lipinski definition) is 4. The Morgan fingerprint density at radius 3 is 2.18 bits per heavy atom. The molecular weight excluding hydrogens is 154 g/mol. The molecular formula is C5H9NO5. The van der Waals surface area contributed by atoms with Crippen LogP contribution in [0.25, 0.3) is 0 Å². The maximum absolute atomic E-state index is 10.1. The van der Waals surface area contributed by atoms with E-state index < -0.39 is 18.0 Å². The molecule has 0 saturated heterocycles. The Kier molecular flexibility index (Phi) is 4.16. The summed E-state index contributed by atoms with van der Waals surface area (Å²) in [5.41, 5.74) is 1.49. The van der Waals surface area contributed by atoms with Crippen LogP contribution in [-0.4, -0.2) is 33.4 Å². The van der Waals surface area contributed by atoms with Crippen molar-refractivity contribution in [3.8, 4) is 0 Å². The smallest absolute Gasteiger partial charge is 0.323 e. The van der Waals surface area contributed by atoms with Crippen molar-refractivity contribution in [2.75, 3.05) is 0 Å². The van der Waals surface area contributed by atoms with Gasteiger partial charge in [0.25, 0.3) is 0 Å². The van der Waals surface area contributed by atoms with Crippen molar-refractivity contribution in [3.05, 3.63) is 0 Å². The summed E-state index contributed by atoms with van der Waals surface area (Å²) in [6.45, 7) is 0. The van der Waals surface area contributed by atoms with E-state index in [1.54, 1.807) is 0 Å². The van der Waals surface area contributed by atoms with Gasteiger partial charge in [0.05, 0.1) is 0 Å². The van der Waals surface area contributed by atoms with Crippen molar-refractivity contribution in [2.24, 2.45) is 0 Å². The van der Waals surface area contributed by atoms with Crippen LogP contribution in [0.1, 0.15) is 12.8 Å². The average molecular weight is 163 g/mol. The molecule has 0 aliphatic heterocycles. The van der Waals surface area contributed by atoms with Crippen molar-refractivity contribution in [1.29, 1.82) is 0 Å². The van der Waals surface area contributed by atoms with Crippen LogP contribution in [0.3, 0.4) is 0 Å². The molecule has 0 amide bonds. The molecule has 0 unspecified atom stereocenters. The first-order chi connectivity index (χ1) is 5.07. The number of carboxylic acid groups (broad SMARTS) is 2. The Morgan fingerprint density at radius 1 is 1.36 bits per heavy atom. The van der Waals surface area contributed by atoms with Crippen LogP contribution in [0.4, 0.5) is 0 Å². The molecule has 1 atom stereocenters.